The van der Waals surface area contributed by atoms with E-state index >= 15 is 0 Å². The molecule has 5 heteroatoms. The van der Waals surface area contributed by atoms with E-state index in [2.05, 4.69) is 11.4 Å². The molecule has 0 spiro atoms. The van der Waals surface area contributed by atoms with Gasteiger partial charge >= 0.3 is 6.03 Å². The Morgan fingerprint density at radius 1 is 1.39 bits per heavy atom. The molecule has 1 N–H and O–H groups in total. The minimum absolute atomic E-state index is 0.0142. The third-order valence-electron chi connectivity index (χ3n) is 4.85. The molecule has 1 heterocycles. The van der Waals surface area contributed by atoms with Crippen LogP contribution < -0.4 is 5.32 Å². The molecule has 23 heavy (non-hydrogen) atoms. The molecule has 1 aliphatic heterocycles. The molecule has 2 amide bonds. The van der Waals surface area contributed by atoms with Gasteiger partial charge < -0.3 is 10.2 Å². The van der Waals surface area contributed by atoms with Crippen LogP contribution in [0.15, 0.2) is 29.2 Å². The summed E-state index contributed by atoms with van der Waals surface area (Å²) in [5.41, 5.74) is 0.851. The Bertz CT molecular complexity index is 601. The van der Waals surface area contributed by atoms with Gasteiger partial charge in [-0.1, -0.05) is 25.5 Å². The van der Waals surface area contributed by atoms with Gasteiger partial charge in [-0.2, -0.15) is 5.26 Å². The van der Waals surface area contributed by atoms with Gasteiger partial charge in [-0.3, -0.25) is 0 Å². The third-order valence-corrected chi connectivity index (χ3v) is 6.03. The molecule has 1 aromatic rings. The number of carbonyl (C=O) groups is 1. The van der Waals surface area contributed by atoms with Crippen molar-refractivity contribution in [2.45, 2.75) is 42.8 Å². The van der Waals surface area contributed by atoms with E-state index < -0.39 is 0 Å². The summed E-state index contributed by atoms with van der Waals surface area (Å²) >= 11 is 1.64. The number of benzene rings is 1. The Morgan fingerprint density at radius 3 is 2.78 bits per heavy atom. The average Bonchev–Trinajstić information content (AvgIpc) is 3.11. The molecular formula is C18H23N3OS. The molecule has 2 fully saturated rings. The number of nitrogens with zero attached hydrogens (tertiary/aromatic N) is 2. The second-order valence-corrected chi connectivity index (χ2v) is 8.05. The minimum atomic E-state index is 0.0142. The highest BCUT2D eigenvalue weighted by molar-refractivity contribution is 8.00. The van der Waals surface area contributed by atoms with Gasteiger partial charge in [0, 0.05) is 29.7 Å². The predicted octanol–water partition coefficient (Wildman–Crippen LogP) is 4.34. The van der Waals surface area contributed by atoms with Crippen LogP contribution in [0, 0.1) is 23.2 Å². The smallest absolute Gasteiger partial charge is 0.321 e. The summed E-state index contributed by atoms with van der Waals surface area (Å²) < 4.78 is 0. The lowest BCUT2D eigenvalue weighted by atomic mass is 10.0. The Balaban J connectivity index is 1.63. The number of anilines is 1. The van der Waals surface area contributed by atoms with E-state index in [1.165, 1.54) is 19.3 Å². The van der Waals surface area contributed by atoms with Crippen LogP contribution in [0.1, 0.15) is 32.6 Å². The Hall–Kier alpha value is -1.67. The number of nitrogens with one attached hydrogen (secondary N) is 1. The predicted molar refractivity (Wildman–Crippen MR) is 93.4 cm³/mol. The number of carbonyl (C=O) groups excluding carboxylic acids is 1. The van der Waals surface area contributed by atoms with Crippen molar-refractivity contribution in [1.82, 2.24) is 4.90 Å². The summed E-state index contributed by atoms with van der Waals surface area (Å²) in [6.45, 7) is 3.83. The van der Waals surface area contributed by atoms with Crippen molar-refractivity contribution < 1.29 is 4.79 Å². The average molecular weight is 329 g/mol. The van der Waals surface area contributed by atoms with Gasteiger partial charge in [0.1, 0.15) is 0 Å². The highest BCUT2D eigenvalue weighted by Crippen LogP contribution is 2.38. The maximum atomic E-state index is 12.6. The summed E-state index contributed by atoms with van der Waals surface area (Å²) in [6.07, 6.45) is 4.36. The van der Waals surface area contributed by atoms with E-state index in [9.17, 15) is 4.79 Å². The van der Waals surface area contributed by atoms with Crippen molar-refractivity contribution in [1.29, 1.82) is 5.26 Å². The Morgan fingerprint density at radius 2 is 2.09 bits per heavy atom. The van der Waals surface area contributed by atoms with Crippen molar-refractivity contribution >= 4 is 23.5 Å². The highest BCUT2D eigenvalue weighted by Gasteiger charge is 2.38. The summed E-state index contributed by atoms with van der Waals surface area (Å²) in [5, 5.41) is 12.1. The van der Waals surface area contributed by atoms with Crippen LogP contribution in [-0.2, 0) is 0 Å². The van der Waals surface area contributed by atoms with E-state index in [-0.39, 0.29) is 11.3 Å². The molecule has 0 radical (unpaired) electrons. The van der Waals surface area contributed by atoms with Crippen molar-refractivity contribution in [2.24, 2.45) is 11.8 Å². The van der Waals surface area contributed by atoms with Gasteiger partial charge in [-0.05, 0) is 36.8 Å². The lowest BCUT2D eigenvalue weighted by Crippen LogP contribution is -2.33. The van der Waals surface area contributed by atoms with Crippen LogP contribution in [0.3, 0.4) is 0 Å². The molecule has 122 valence electrons. The first-order valence-corrected chi connectivity index (χ1v) is 9.24. The zero-order chi connectivity index (χ0) is 16.2. The number of urea groups is 1. The Labute approximate surface area is 142 Å². The molecule has 2 aliphatic rings. The van der Waals surface area contributed by atoms with Crippen LogP contribution in [0.4, 0.5) is 10.5 Å². The van der Waals surface area contributed by atoms with Crippen molar-refractivity contribution in [2.75, 3.05) is 18.4 Å². The molecule has 0 bridgehead atoms. The van der Waals surface area contributed by atoms with Crippen molar-refractivity contribution in [3.63, 3.8) is 0 Å². The topological polar surface area (TPSA) is 56.1 Å². The van der Waals surface area contributed by atoms with E-state index in [0.717, 1.165) is 23.7 Å². The fraction of sp³-hybridized carbons (Fsp3) is 0.556. The normalized spacial score (nSPS) is 24.1. The second-order valence-electron chi connectivity index (χ2n) is 6.57. The van der Waals surface area contributed by atoms with Gasteiger partial charge in [0.25, 0.3) is 0 Å². The second kappa shape index (κ2) is 7.27. The fourth-order valence-corrected chi connectivity index (χ4v) is 4.65. The molecule has 3 atom stereocenters. The van der Waals surface area contributed by atoms with Gasteiger partial charge in [-0.25, -0.2) is 4.79 Å². The maximum Gasteiger partial charge on any atom is 0.321 e. The number of fused-ring (bicyclic) bond motifs is 1. The molecular weight excluding hydrogens is 306 g/mol. The summed E-state index contributed by atoms with van der Waals surface area (Å²) in [7, 11) is 0. The number of thioether (sulfide) groups is 1. The van der Waals surface area contributed by atoms with Gasteiger partial charge in [0.15, 0.2) is 0 Å². The van der Waals surface area contributed by atoms with E-state index in [4.69, 9.17) is 5.26 Å². The molecule has 3 rings (SSSR count). The van der Waals surface area contributed by atoms with Crippen LogP contribution in [-0.4, -0.2) is 29.3 Å². The molecule has 1 saturated heterocycles. The van der Waals surface area contributed by atoms with Gasteiger partial charge in [-0.15, -0.1) is 11.8 Å². The molecule has 0 aromatic heterocycles. The first-order valence-electron chi connectivity index (χ1n) is 8.36. The van der Waals surface area contributed by atoms with Crippen molar-refractivity contribution in [3.05, 3.63) is 24.3 Å². The first kappa shape index (κ1) is 16.2. The number of para-hydroxylation sites is 1. The summed E-state index contributed by atoms with van der Waals surface area (Å²) in [5.74, 6) is 1.42. The minimum Gasteiger partial charge on any atom is -0.324 e. The number of hydrogen-bond donors (Lipinski definition) is 1. The molecule has 1 aromatic carbocycles. The number of amides is 2. The van der Waals surface area contributed by atoms with Gasteiger partial charge in [0.2, 0.25) is 0 Å². The van der Waals surface area contributed by atoms with E-state index in [1.807, 2.05) is 36.1 Å². The first-order chi connectivity index (χ1) is 11.2. The lowest BCUT2D eigenvalue weighted by Gasteiger charge is -2.20. The number of hydrogen-bond acceptors (Lipinski definition) is 3. The zero-order valence-electron chi connectivity index (χ0n) is 13.5. The third kappa shape index (κ3) is 3.81. The van der Waals surface area contributed by atoms with E-state index in [0.29, 0.717) is 18.3 Å². The van der Waals surface area contributed by atoms with Crippen LogP contribution in [0.5, 0.6) is 0 Å². The molecule has 1 saturated carbocycles. The summed E-state index contributed by atoms with van der Waals surface area (Å²) in [4.78, 5) is 15.6. The standard InChI is InChI=1S/C18H23N3OS/c1-13(9-10-19)23-17-8-3-2-7-16(17)20-18(22)21-11-14-5-4-6-15(14)12-21/h2-3,7-8,13-15H,4-6,9,11-12H2,1H3,(H,20,22)/t13-,14-,15+/m0/s1. The highest BCUT2D eigenvalue weighted by atomic mass is 32.2. The van der Waals surface area contributed by atoms with Crippen LogP contribution >= 0.6 is 11.8 Å². The van der Waals surface area contributed by atoms with Crippen LogP contribution in [0.25, 0.3) is 0 Å². The van der Waals surface area contributed by atoms with Gasteiger partial charge in [0.05, 0.1) is 11.8 Å². The molecule has 4 nitrogen and oxygen atoms in total. The maximum absolute atomic E-state index is 12.6. The van der Waals surface area contributed by atoms with Crippen molar-refractivity contribution in [3.8, 4) is 6.07 Å². The fourth-order valence-electron chi connectivity index (χ4n) is 3.65. The largest absolute Gasteiger partial charge is 0.324 e. The monoisotopic (exact) mass is 329 g/mol. The van der Waals surface area contributed by atoms with Crippen LogP contribution in [0.2, 0.25) is 0 Å². The zero-order valence-corrected chi connectivity index (χ0v) is 14.3. The quantitative estimate of drug-likeness (QED) is 0.836. The van der Waals surface area contributed by atoms with E-state index in [1.54, 1.807) is 11.8 Å². The molecule has 1 aliphatic carbocycles. The number of nitriles is 1. The lowest BCUT2D eigenvalue weighted by molar-refractivity contribution is 0.219. The summed E-state index contributed by atoms with van der Waals surface area (Å²) in [6, 6.07) is 10.1. The molecule has 0 unspecified atom stereocenters. The Kier molecular flexibility index (Phi) is 5.12. The number of likely N-dealkylation sites (tertiary alicyclic amines) is 1. The number of rotatable bonds is 4. The SMILES string of the molecule is C[C@@H](CC#N)Sc1ccccc1NC(=O)N1C[C@H]2CCC[C@H]2C1.